The maximum Gasteiger partial charge on any atom is 0.213 e. The minimum Gasteiger partial charge on any atom is -0.443 e. The second-order valence-electron chi connectivity index (χ2n) is 7.31. The number of rotatable bonds is 6. The van der Waals surface area contributed by atoms with Gasteiger partial charge in [-0.3, -0.25) is 4.99 Å². The molecule has 0 saturated heterocycles. The monoisotopic (exact) mass is 436 g/mol. The van der Waals surface area contributed by atoms with Gasteiger partial charge < -0.3 is 15.1 Å². The molecule has 6 heteroatoms. The Morgan fingerprint density at radius 3 is 2.39 bits per heavy atom. The van der Waals surface area contributed by atoms with E-state index in [1.54, 1.807) is 13.2 Å². The van der Waals surface area contributed by atoms with Crippen LogP contribution in [-0.4, -0.2) is 24.0 Å². The zero-order valence-corrected chi connectivity index (χ0v) is 17.9. The van der Waals surface area contributed by atoms with Crippen molar-refractivity contribution in [3.8, 4) is 0 Å². The molecule has 0 aliphatic heterocycles. The van der Waals surface area contributed by atoms with Crippen LogP contribution in [0.2, 0.25) is 0 Å². The van der Waals surface area contributed by atoms with Crippen molar-refractivity contribution < 1.29 is 4.42 Å². The molecular formula is C17H33IN4O. The Morgan fingerprint density at radius 1 is 1.26 bits per heavy atom. The van der Waals surface area contributed by atoms with Crippen LogP contribution in [0.3, 0.4) is 0 Å². The summed E-state index contributed by atoms with van der Waals surface area (Å²) in [6.45, 7) is 13.5. The van der Waals surface area contributed by atoms with Gasteiger partial charge in [-0.2, -0.15) is 0 Å². The molecule has 2 N–H and O–H groups in total. The third-order valence-electron chi connectivity index (χ3n) is 3.48. The van der Waals surface area contributed by atoms with Crippen LogP contribution in [-0.2, 0) is 12.0 Å². The predicted octanol–water partition coefficient (Wildman–Crippen LogP) is 4.08. The lowest BCUT2D eigenvalue weighted by Crippen LogP contribution is -2.42. The molecule has 0 aromatic carbocycles. The molecule has 0 aliphatic rings. The number of aromatic nitrogens is 1. The Labute approximate surface area is 158 Å². The van der Waals surface area contributed by atoms with E-state index in [0.717, 1.165) is 24.1 Å². The topological polar surface area (TPSA) is 62.5 Å². The van der Waals surface area contributed by atoms with Gasteiger partial charge in [-0.25, -0.2) is 4.98 Å². The van der Waals surface area contributed by atoms with Gasteiger partial charge in [0, 0.05) is 18.5 Å². The Kier molecular flexibility index (Phi) is 9.80. The summed E-state index contributed by atoms with van der Waals surface area (Å²) in [5, 5.41) is 6.65. The van der Waals surface area contributed by atoms with Crippen LogP contribution in [0.4, 0.5) is 0 Å². The third-order valence-corrected chi connectivity index (χ3v) is 3.48. The molecule has 1 rings (SSSR count). The van der Waals surface area contributed by atoms with E-state index in [-0.39, 0.29) is 29.4 Å². The van der Waals surface area contributed by atoms with E-state index in [9.17, 15) is 0 Å². The molecule has 0 spiro atoms. The van der Waals surface area contributed by atoms with Crippen molar-refractivity contribution in [3.63, 3.8) is 0 Å². The fraction of sp³-hybridized carbons (Fsp3) is 0.765. The van der Waals surface area contributed by atoms with Gasteiger partial charge in [0.2, 0.25) is 5.89 Å². The molecule has 0 fully saturated rings. The summed E-state index contributed by atoms with van der Waals surface area (Å²) in [6.07, 6.45) is 4.14. The molecule has 0 bridgehead atoms. The molecule has 1 aromatic rings. The third kappa shape index (κ3) is 8.58. The number of hydrogen-bond donors (Lipinski definition) is 2. The van der Waals surface area contributed by atoms with Crippen LogP contribution < -0.4 is 10.6 Å². The molecule has 23 heavy (non-hydrogen) atoms. The summed E-state index contributed by atoms with van der Waals surface area (Å²) in [4.78, 5) is 8.57. The summed E-state index contributed by atoms with van der Waals surface area (Å²) in [5.41, 5.74) is -0.0173. The highest BCUT2D eigenvalue weighted by Gasteiger charge is 2.19. The van der Waals surface area contributed by atoms with Gasteiger partial charge in [0.15, 0.2) is 5.96 Å². The van der Waals surface area contributed by atoms with E-state index < -0.39 is 0 Å². The fourth-order valence-corrected chi connectivity index (χ4v) is 1.98. The molecule has 1 aromatic heterocycles. The number of nitrogens with zero attached hydrogens (tertiary/aromatic N) is 2. The van der Waals surface area contributed by atoms with E-state index in [2.05, 4.69) is 62.2 Å². The van der Waals surface area contributed by atoms with Crippen molar-refractivity contribution in [1.82, 2.24) is 15.6 Å². The second kappa shape index (κ2) is 10.2. The number of nitrogens with one attached hydrogen (secondary N) is 2. The van der Waals surface area contributed by atoms with Gasteiger partial charge in [0.1, 0.15) is 5.76 Å². The number of hydrogen-bond acceptors (Lipinski definition) is 3. The standard InChI is InChI=1S/C17H32N4O.HI/c1-12(2)8-9-13(3)21-16(18-7)20-11-15-19-10-14(22-15)17(4,5)6;/h10,12-13H,8-9,11H2,1-7H3,(H2,18,20,21);1H. The Morgan fingerprint density at radius 2 is 1.91 bits per heavy atom. The van der Waals surface area contributed by atoms with Gasteiger partial charge >= 0.3 is 0 Å². The molecule has 134 valence electrons. The first-order chi connectivity index (χ1) is 10.2. The zero-order chi connectivity index (χ0) is 16.8. The Balaban J connectivity index is 0.00000484. The summed E-state index contributed by atoms with van der Waals surface area (Å²) < 4.78 is 5.77. The first-order valence-electron chi connectivity index (χ1n) is 8.14. The van der Waals surface area contributed by atoms with Gasteiger partial charge in [-0.1, -0.05) is 34.6 Å². The van der Waals surface area contributed by atoms with Crippen LogP contribution in [0, 0.1) is 5.92 Å². The smallest absolute Gasteiger partial charge is 0.213 e. The summed E-state index contributed by atoms with van der Waals surface area (Å²) in [7, 11) is 1.78. The summed E-state index contributed by atoms with van der Waals surface area (Å²) in [5.74, 6) is 3.09. The lowest BCUT2D eigenvalue weighted by atomic mass is 9.94. The van der Waals surface area contributed by atoms with Crippen LogP contribution in [0.15, 0.2) is 15.6 Å². The highest BCUT2D eigenvalue weighted by atomic mass is 127. The molecule has 1 unspecified atom stereocenters. The van der Waals surface area contributed by atoms with E-state index in [1.165, 1.54) is 6.42 Å². The minimum absolute atomic E-state index is 0. The maximum atomic E-state index is 5.77. The molecular weight excluding hydrogens is 403 g/mol. The largest absolute Gasteiger partial charge is 0.443 e. The van der Waals surface area contributed by atoms with Crippen molar-refractivity contribution in [3.05, 3.63) is 17.8 Å². The van der Waals surface area contributed by atoms with Crippen molar-refractivity contribution >= 4 is 29.9 Å². The molecule has 5 nitrogen and oxygen atoms in total. The molecule has 1 heterocycles. The molecule has 0 saturated carbocycles. The number of oxazole rings is 1. The minimum atomic E-state index is -0.0173. The van der Waals surface area contributed by atoms with E-state index in [0.29, 0.717) is 18.5 Å². The quantitative estimate of drug-likeness (QED) is 0.401. The molecule has 0 aliphatic carbocycles. The lowest BCUT2D eigenvalue weighted by Gasteiger charge is -2.18. The molecule has 0 amide bonds. The van der Waals surface area contributed by atoms with Crippen molar-refractivity contribution in [2.24, 2.45) is 10.9 Å². The molecule has 0 radical (unpaired) electrons. The van der Waals surface area contributed by atoms with Gasteiger partial charge in [-0.15, -0.1) is 24.0 Å². The number of halogens is 1. The maximum absolute atomic E-state index is 5.77. The van der Waals surface area contributed by atoms with Gasteiger partial charge in [0.05, 0.1) is 12.7 Å². The number of aliphatic imine (C=N–C) groups is 1. The van der Waals surface area contributed by atoms with E-state index in [4.69, 9.17) is 4.42 Å². The zero-order valence-electron chi connectivity index (χ0n) is 15.6. The van der Waals surface area contributed by atoms with Crippen molar-refractivity contribution in [2.75, 3.05) is 7.05 Å². The van der Waals surface area contributed by atoms with Crippen LogP contribution in [0.1, 0.15) is 66.0 Å². The van der Waals surface area contributed by atoms with Crippen LogP contribution in [0.5, 0.6) is 0 Å². The van der Waals surface area contributed by atoms with Gasteiger partial charge in [-0.05, 0) is 25.7 Å². The van der Waals surface area contributed by atoms with E-state index >= 15 is 0 Å². The van der Waals surface area contributed by atoms with Crippen molar-refractivity contribution in [2.45, 2.75) is 72.4 Å². The number of guanidine groups is 1. The second-order valence-corrected chi connectivity index (χ2v) is 7.31. The average Bonchev–Trinajstić information content (AvgIpc) is 2.90. The molecule has 1 atom stereocenters. The Bertz CT molecular complexity index is 477. The highest BCUT2D eigenvalue weighted by molar-refractivity contribution is 14.0. The first-order valence-corrected chi connectivity index (χ1v) is 8.14. The SMILES string of the molecule is CN=C(NCc1ncc(C(C)(C)C)o1)NC(C)CCC(C)C.I. The Hall–Kier alpha value is -0.790. The van der Waals surface area contributed by atoms with Crippen LogP contribution >= 0.6 is 24.0 Å². The average molecular weight is 436 g/mol. The summed E-state index contributed by atoms with van der Waals surface area (Å²) in [6, 6.07) is 0.392. The summed E-state index contributed by atoms with van der Waals surface area (Å²) >= 11 is 0. The normalized spacial score (nSPS) is 13.7. The first kappa shape index (κ1) is 22.2. The van der Waals surface area contributed by atoms with E-state index in [1.807, 2.05) is 0 Å². The fourth-order valence-electron chi connectivity index (χ4n) is 1.98. The van der Waals surface area contributed by atoms with Crippen LogP contribution in [0.25, 0.3) is 0 Å². The highest BCUT2D eigenvalue weighted by Crippen LogP contribution is 2.22. The van der Waals surface area contributed by atoms with Gasteiger partial charge in [0.25, 0.3) is 0 Å². The predicted molar refractivity (Wildman–Crippen MR) is 107 cm³/mol. The van der Waals surface area contributed by atoms with Crippen molar-refractivity contribution in [1.29, 1.82) is 0 Å². The lowest BCUT2D eigenvalue weighted by molar-refractivity contribution is 0.379.